The summed E-state index contributed by atoms with van der Waals surface area (Å²) in [7, 11) is -0.535. The topological polar surface area (TPSA) is 76.7 Å². The van der Waals surface area contributed by atoms with Crippen LogP contribution in [0.25, 0.3) is 0 Å². The molecule has 1 aliphatic rings. The maximum atomic E-state index is 12.3. The Morgan fingerprint density at radius 1 is 1.29 bits per heavy atom. The third-order valence-corrected chi connectivity index (χ3v) is 5.05. The Bertz CT molecular complexity index is 568. The minimum atomic E-state index is -3.53. The van der Waals surface area contributed by atoms with Gasteiger partial charge in [-0.1, -0.05) is 0 Å². The van der Waals surface area contributed by atoms with Crippen LogP contribution >= 0.6 is 0 Å². The highest BCUT2D eigenvalue weighted by molar-refractivity contribution is 7.89. The quantitative estimate of drug-likeness (QED) is 0.818. The van der Waals surface area contributed by atoms with Gasteiger partial charge in [-0.05, 0) is 44.0 Å². The predicted octanol–water partition coefficient (Wildman–Crippen LogP) is 0.982. The molecule has 1 heterocycles. The number of ether oxygens (including phenoxy) is 2. The third kappa shape index (κ3) is 4.09. The Hall–Kier alpha value is -1.31. The highest BCUT2D eigenvalue weighted by Crippen LogP contribution is 2.29. The fraction of sp³-hybridized carbons (Fsp3) is 0.571. The number of sulfonamides is 1. The molecule has 6 nitrogen and oxygen atoms in total. The Morgan fingerprint density at radius 2 is 2.05 bits per heavy atom. The van der Waals surface area contributed by atoms with Crippen LogP contribution < -0.4 is 19.5 Å². The van der Waals surface area contributed by atoms with E-state index in [2.05, 4.69) is 10.0 Å². The van der Waals surface area contributed by atoms with Crippen LogP contribution in [0.15, 0.2) is 23.1 Å². The third-order valence-electron chi connectivity index (χ3n) is 3.63. The lowest BCUT2D eigenvalue weighted by Gasteiger charge is -2.22. The Balaban J connectivity index is 2.07. The summed E-state index contributed by atoms with van der Waals surface area (Å²) in [4.78, 5) is 0.184. The van der Waals surface area contributed by atoms with Crippen molar-refractivity contribution >= 4 is 10.0 Å². The molecular weight excluding hydrogens is 292 g/mol. The lowest BCUT2D eigenvalue weighted by atomic mass is 10.0. The SMILES string of the molecule is COc1ccc(S(=O)(=O)NCC2CCCNC2)cc1OC. The monoisotopic (exact) mass is 314 g/mol. The Morgan fingerprint density at radius 3 is 2.67 bits per heavy atom. The van der Waals surface area contributed by atoms with Crippen molar-refractivity contribution in [3.8, 4) is 11.5 Å². The van der Waals surface area contributed by atoms with Gasteiger partial charge in [-0.15, -0.1) is 0 Å². The minimum Gasteiger partial charge on any atom is -0.493 e. The maximum absolute atomic E-state index is 12.3. The zero-order chi connectivity index (χ0) is 15.3. The predicted molar refractivity (Wildman–Crippen MR) is 80.3 cm³/mol. The summed E-state index contributed by atoms with van der Waals surface area (Å²) in [5.74, 6) is 1.25. The van der Waals surface area contributed by atoms with E-state index in [4.69, 9.17) is 9.47 Å². The molecule has 21 heavy (non-hydrogen) atoms. The highest BCUT2D eigenvalue weighted by Gasteiger charge is 2.20. The molecule has 7 heteroatoms. The number of rotatable bonds is 6. The summed E-state index contributed by atoms with van der Waals surface area (Å²) >= 11 is 0. The van der Waals surface area contributed by atoms with Gasteiger partial charge in [0, 0.05) is 12.6 Å². The molecule has 1 aromatic rings. The molecule has 1 unspecified atom stereocenters. The van der Waals surface area contributed by atoms with Crippen molar-refractivity contribution in [2.45, 2.75) is 17.7 Å². The molecule has 0 bridgehead atoms. The molecule has 1 fully saturated rings. The smallest absolute Gasteiger partial charge is 0.240 e. The summed E-state index contributed by atoms with van der Waals surface area (Å²) < 4.78 is 37.5. The highest BCUT2D eigenvalue weighted by atomic mass is 32.2. The van der Waals surface area contributed by atoms with E-state index in [1.165, 1.54) is 26.4 Å². The van der Waals surface area contributed by atoms with Gasteiger partial charge in [0.1, 0.15) is 0 Å². The van der Waals surface area contributed by atoms with E-state index in [0.29, 0.717) is 24.0 Å². The molecule has 0 amide bonds. The molecule has 1 aliphatic heterocycles. The first kappa shape index (κ1) is 16.1. The molecule has 118 valence electrons. The zero-order valence-electron chi connectivity index (χ0n) is 12.4. The van der Waals surface area contributed by atoms with E-state index >= 15 is 0 Å². The summed E-state index contributed by atoms with van der Waals surface area (Å²) in [5, 5.41) is 3.27. The molecule has 0 aliphatic carbocycles. The first-order chi connectivity index (χ1) is 10.1. The van der Waals surface area contributed by atoms with Crippen LogP contribution in [-0.4, -0.2) is 42.3 Å². The van der Waals surface area contributed by atoms with Crippen molar-refractivity contribution in [3.05, 3.63) is 18.2 Å². The molecule has 0 saturated carbocycles. The van der Waals surface area contributed by atoms with Gasteiger partial charge in [0.15, 0.2) is 11.5 Å². The number of hydrogen-bond donors (Lipinski definition) is 2. The van der Waals surface area contributed by atoms with Crippen LogP contribution in [-0.2, 0) is 10.0 Å². The molecule has 1 aromatic carbocycles. The number of benzene rings is 1. The van der Waals surface area contributed by atoms with E-state index < -0.39 is 10.0 Å². The lowest BCUT2D eigenvalue weighted by molar-refractivity contribution is 0.353. The van der Waals surface area contributed by atoms with Gasteiger partial charge >= 0.3 is 0 Å². The normalized spacial score (nSPS) is 19.2. The zero-order valence-corrected chi connectivity index (χ0v) is 13.2. The molecule has 0 spiro atoms. The second-order valence-electron chi connectivity index (χ2n) is 5.08. The molecule has 1 saturated heterocycles. The summed E-state index contributed by atoms with van der Waals surface area (Å²) in [6.07, 6.45) is 2.13. The summed E-state index contributed by atoms with van der Waals surface area (Å²) in [5.41, 5.74) is 0. The van der Waals surface area contributed by atoms with E-state index in [0.717, 1.165) is 25.9 Å². The molecule has 2 rings (SSSR count). The summed E-state index contributed by atoms with van der Waals surface area (Å²) in [6.45, 7) is 2.32. The first-order valence-corrected chi connectivity index (χ1v) is 8.47. The van der Waals surface area contributed by atoms with Gasteiger partial charge in [-0.2, -0.15) is 0 Å². The van der Waals surface area contributed by atoms with E-state index in [1.807, 2.05) is 0 Å². The average Bonchev–Trinajstić information content (AvgIpc) is 2.53. The number of nitrogens with one attached hydrogen (secondary N) is 2. The fourth-order valence-corrected chi connectivity index (χ4v) is 3.52. The van der Waals surface area contributed by atoms with Crippen molar-refractivity contribution in [1.82, 2.24) is 10.0 Å². The van der Waals surface area contributed by atoms with Crippen LogP contribution in [0.5, 0.6) is 11.5 Å². The average molecular weight is 314 g/mol. The standard InChI is InChI=1S/C14H22N2O4S/c1-19-13-6-5-12(8-14(13)20-2)21(17,18)16-10-11-4-3-7-15-9-11/h5-6,8,11,15-16H,3-4,7,9-10H2,1-2H3. The van der Waals surface area contributed by atoms with Gasteiger partial charge in [-0.3, -0.25) is 0 Å². The minimum absolute atomic E-state index is 0.184. The number of methoxy groups -OCH3 is 2. The van der Waals surface area contributed by atoms with Crippen molar-refractivity contribution in [2.75, 3.05) is 33.9 Å². The van der Waals surface area contributed by atoms with E-state index in [1.54, 1.807) is 6.07 Å². The summed E-state index contributed by atoms with van der Waals surface area (Å²) in [6, 6.07) is 4.58. The molecule has 2 N–H and O–H groups in total. The fourth-order valence-electron chi connectivity index (χ4n) is 2.39. The molecule has 0 aromatic heterocycles. The van der Waals surface area contributed by atoms with Crippen LogP contribution in [0.4, 0.5) is 0 Å². The van der Waals surface area contributed by atoms with Gasteiger partial charge in [-0.25, -0.2) is 13.1 Å². The van der Waals surface area contributed by atoms with Crippen LogP contribution in [0.2, 0.25) is 0 Å². The van der Waals surface area contributed by atoms with Crippen molar-refractivity contribution in [1.29, 1.82) is 0 Å². The van der Waals surface area contributed by atoms with Crippen LogP contribution in [0, 0.1) is 5.92 Å². The second kappa shape index (κ2) is 7.11. The van der Waals surface area contributed by atoms with Gasteiger partial charge in [0.05, 0.1) is 19.1 Å². The van der Waals surface area contributed by atoms with Crippen molar-refractivity contribution in [2.24, 2.45) is 5.92 Å². The van der Waals surface area contributed by atoms with Crippen molar-refractivity contribution < 1.29 is 17.9 Å². The molecule has 0 radical (unpaired) electrons. The van der Waals surface area contributed by atoms with E-state index in [9.17, 15) is 8.42 Å². The van der Waals surface area contributed by atoms with Gasteiger partial charge in [0.2, 0.25) is 10.0 Å². The van der Waals surface area contributed by atoms with Crippen LogP contribution in [0.1, 0.15) is 12.8 Å². The lowest BCUT2D eigenvalue weighted by Crippen LogP contribution is -2.38. The van der Waals surface area contributed by atoms with Crippen molar-refractivity contribution in [3.63, 3.8) is 0 Å². The molecular formula is C14H22N2O4S. The largest absolute Gasteiger partial charge is 0.493 e. The van der Waals surface area contributed by atoms with Gasteiger partial charge in [0.25, 0.3) is 0 Å². The van der Waals surface area contributed by atoms with Crippen LogP contribution in [0.3, 0.4) is 0 Å². The van der Waals surface area contributed by atoms with Gasteiger partial charge < -0.3 is 14.8 Å². The molecule has 1 atom stereocenters. The first-order valence-electron chi connectivity index (χ1n) is 6.99. The number of piperidine rings is 1. The Labute approximate surface area is 125 Å². The second-order valence-corrected chi connectivity index (χ2v) is 6.85. The number of hydrogen-bond acceptors (Lipinski definition) is 5. The Kier molecular flexibility index (Phi) is 5.44. The maximum Gasteiger partial charge on any atom is 0.240 e. The van der Waals surface area contributed by atoms with E-state index in [-0.39, 0.29) is 4.90 Å².